The van der Waals surface area contributed by atoms with Crippen molar-refractivity contribution in [1.82, 2.24) is 10.6 Å². The molecule has 4 rings (SSSR count). The Hall–Kier alpha value is -3.39. The molecule has 2 amide bonds. The fourth-order valence-corrected chi connectivity index (χ4v) is 4.63. The Kier molecular flexibility index (Phi) is 6.93. The number of amides is 2. The number of aliphatic carboxylic acids is 1. The second kappa shape index (κ2) is 10.0. The topological polar surface area (TPSA) is 114 Å². The molecule has 33 heavy (non-hydrogen) atoms. The smallest absolute Gasteiger partial charge is 0.407 e. The summed E-state index contributed by atoms with van der Waals surface area (Å²) >= 11 is 0. The van der Waals surface area contributed by atoms with Gasteiger partial charge in [-0.15, -0.1) is 0 Å². The van der Waals surface area contributed by atoms with Crippen LogP contribution in [-0.4, -0.2) is 55.0 Å². The number of hydrogen-bond donors (Lipinski definition) is 3. The molecule has 1 aliphatic carbocycles. The zero-order valence-electron chi connectivity index (χ0n) is 18.5. The molecule has 0 unspecified atom stereocenters. The number of benzene rings is 2. The van der Waals surface area contributed by atoms with Crippen LogP contribution in [0.25, 0.3) is 11.1 Å². The second-order valence-electron chi connectivity index (χ2n) is 8.55. The summed E-state index contributed by atoms with van der Waals surface area (Å²) < 4.78 is 11.1. The number of rotatable bonds is 8. The van der Waals surface area contributed by atoms with Gasteiger partial charge in [0, 0.05) is 31.0 Å². The predicted molar refractivity (Wildman–Crippen MR) is 121 cm³/mol. The number of fused-ring (bicyclic) bond motifs is 3. The normalized spacial score (nSPS) is 19.9. The molecule has 1 fully saturated rings. The summed E-state index contributed by atoms with van der Waals surface area (Å²) in [5, 5.41) is 14.3. The van der Waals surface area contributed by atoms with Crippen molar-refractivity contribution >= 4 is 18.0 Å². The van der Waals surface area contributed by atoms with Crippen LogP contribution in [0.4, 0.5) is 4.79 Å². The Morgan fingerprint density at radius 2 is 1.73 bits per heavy atom. The first-order valence-electron chi connectivity index (χ1n) is 11.2. The number of alkyl carbamates (subject to hydrolysis) is 1. The zero-order chi connectivity index (χ0) is 23.4. The molecular weight excluding hydrogens is 424 g/mol. The number of nitrogens with one attached hydrogen (secondary N) is 2. The molecule has 2 aromatic rings. The summed E-state index contributed by atoms with van der Waals surface area (Å²) in [4.78, 5) is 35.7. The first-order chi connectivity index (χ1) is 15.9. The van der Waals surface area contributed by atoms with Crippen molar-refractivity contribution in [2.45, 2.75) is 37.8 Å². The van der Waals surface area contributed by atoms with Gasteiger partial charge in [0.2, 0.25) is 5.91 Å². The molecule has 2 aromatic carbocycles. The monoisotopic (exact) mass is 452 g/mol. The number of carboxylic acid groups (broad SMARTS) is 1. The average Bonchev–Trinajstić information content (AvgIpc) is 3.38. The summed E-state index contributed by atoms with van der Waals surface area (Å²) in [6, 6.07) is 15.8. The number of hydrogen-bond acceptors (Lipinski definition) is 5. The van der Waals surface area contributed by atoms with Crippen molar-refractivity contribution in [3.8, 4) is 11.1 Å². The minimum Gasteiger partial charge on any atom is -0.481 e. The molecule has 8 heteroatoms. The third-order valence-electron chi connectivity index (χ3n) is 6.19. The molecule has 0 bridgehead atoms. The van der Waals surface area contributed by atoms with Crippen molar-refractivity contribution in [2.24, 2.45) is 5.92 Å². The van der Waals surface area contributed by atoms with Crippen molar-refractivity contribution in [1.29, 1.82) is 0 Å². The summed E-state index contributed by atoms with van der Waals surface area (Å²) in [5.74, 6) is -1.57. The van der Waals surface area contributed by atoms with Gasteiger partial charge in [0.05, 0.1) is 6.42 Å². The lowest BCUT2D eigenvalue weighted by atomic mass is 9.98. The Labute approximate surface area is 192 Å². The molecule has 1 aliphatic heterocycles. The van der Waals surface area contributed by atoms with Crippen molar-refractivity contribution in [2.75, 3.05) is 19.8 Å². The van der Waals surface area contributed by atoms with Gasteiger partial charge < -0.3 is 25.2 Å². The maximum atomic E-state index is 12.5. The average molecular weight is 453 g/mol. The molecule has 0 spiro atoms. The molecular formula is C25H28N2O6. The molecule has 1 heterocycles. The highest BCUT2D eigenvalue weighted by Crippen LogP contribution is 2.44. The predicted octanol–water partition coefficient (Wildman–Crippen LogP) is 2.91. The molecule has 174 valence electrons. The minimum atomic E-state index is -0.983. The van der Waals surface area contributed by atoms with Crippen molar-refractivity contribution < 1.29 is 29.0 Å². The first-order valence-corrected chi connectivity index (χ1v) is 11.2. The van der Waals surface area contributed by atoms with Crippen LogP contribution in [0.1, 0.15) is 36.8 Å². The lowest BCUT2D eigenvalue weighted by Gasteiger charge is -2.21. The summed E-state index contributed by atoms with van der Waals surface area (Å²) in [6.07, 6.45) is -0.812. The molecule has 8 nitrogen and oxygen atoms in total. The Balaban J connectivity index is 1.29. The van der Waals surface area contributed by atoms with Gasteiger partial charge in [0.1, 0.15) is 12.7 Å². The van der Waals surface area contributed by atoms with Crippen molar-refractivity contribution in [3.63, 3.8) is 0 Å². The maximum absolute atomic E-state index is 12.5. The van der Waals surface area contributed by atoms with E-state index in [1.54, 1.807) is 6.92 Å². The van der Waals surface area contributed by atoms with E-state index in [1.165, 1.54) is 0 Å². The highest BCUT2D eigenvalue weighted by Gasteiger charge is 2.35. The molecule has 2 aliphatic rings. The highest BCUT2D eigenvalue weighted by atomic mass is 16.5. The summed E-state index contributed by atoms with van der Waals surface area (Å²) in [6.45, 7) is 2.49. The first kappa shape index (κ1) is 22.8. The fraction of sp³-hybridized carbons (Fsp3) is 0.400. The van der Waals surface area contributed by atoms with E-state index < -0.39 is 24.2 Å². The standard InChI is InChI=1S/C25H28N2O6/c1-15(12-22(28)29)27-24(30)23-16(10-11-32-23)13-26-25(31)33-14-21-19-8-4-2-6-17(19)18-7-3-5-9-20(18)21/h2-9,15-16,21,23H,10-14H2,1H3,(H,26,31)(H,27,30)(H,28,29)/t15-,16+,23+/m1/s1. The van der Waals surface area contributed by atoms with E-state index in [0.29, 0.717) is 13.0 Å². The third kappa shape index (κ3) is 5.17. The lowest BCUT2D eigenvalue weighted by molar-refractivity contribution is -0.138. The lowest BCUT2D eigenvalue weighted by Crippen LogP contribution is -2.45. The molecule has 0 saturated carbocycles. The Morgan fingerprint density at radius 1 is 1.09 bits per heavy atom. The number of ether oxygens (including phenoxy) is 2. The van der Waals surface area contributed by atoms with Crippen LogP contribution in [0.5, 0.6) is 0 Å². The molecule has 0 radical (unpaired) electrons. The van der Waals surface area contributed by atoms with E-state index in [9.17, 15) is 14.4 Å². The van der Waals surface area contributed by atoms with E-state index in [-0.39, 0.29) is 37.3 Å². The number of carbonyl (C=O) groups excluding carboxylic acids is 2. The quantitative estimate of drug-likeness (QED) is 0.568. The van der Waals surface area contributed by atoms with Crippen LogP contribution in [0.3, 0.4) is 0 Å². The molecule has 1 saturated heterocycles. The Morgan fingerprint density at radius 3 is 2.36 bits per heavy atom. The second-order valence-corrected chi connectivity index (χ2v) is 8.55. The highest BCUT2D eigenvalue weighted by molar-refractivity contribution is 5.82. The van der Waals surface area contributed by atoms with Gasteiger partial charge in [0.15, 0.2) is 0 Å². The minimum absolute atomic E-state index is 0.0211. The third-order valence-corrected chi connectivity index (χ3v) is 6.19. The number of carbonyl (C=O) groups is 3. The van der Waals surface area contributed by atoms with Crippen LogP contribution < -0.4 is 10.6 Å². The van der Waals surface area contributed by atoms with Crippen LogP contribution >= 0.6 is 0 Å². The molecule has 3 atom stereocenters. The maximum Gasteiger partial charge on any atom is 0.407 e. The van der Waals surface area contributed by atoms with Gasteiger partial charge in [-0.3, -0.25) is 9.59 Å². The van der Waals surface area contributed by atoms with Gasteiger partial charge in [-0.25, -0.2) is 4.79 Å². The largest absolute Gasteiger partial charge is 0.481 e. The summed E-state index contributed by atoms with van der Waals surface area (Å²) in [7, 11) is 0. The van der Waals surface area contributed by atoms with Crippen LogP contribution in [0.2, 0.25) is 0 Å². The van der Waals surface area contributed by atoms with E-state index in [0.717, 1.165) is 22.3 Å². The van der Waals surface area contributed by atoms with E-state index in [2.05, 4.69) is 34.9 Å². The van der Waals surface area contributed by atoms with E-state index >= 15 is 0 Å². The van der Waals surface area contributed by atoms with Gasteiger partial charge >= 0.3 is 12.1 Å². The fourth-order valence-electron chi connectivity index (χ4n) is 4.63. The molecule has 3 N–H and O–H groups in total. The number of carboxylic acids is 1. The van der Waals surface area contributed by atoms with Crippen molar-refractivity contribution in [3.05, 3.63) is 59.7 Å². The SMILES string of the molecule is C[C@H](CC(=O)O)NC(=O)[C@H]1OCC[C@H]1CNC(=O)OCC1c2ccccc2-c2ccccc21. The Bertz CT molecular complexity index is 994. The van der Waals surface area contributed by atoms with Gasteiger partial charge in [0.25, 0.3) is 0 Å². The van der Waals surface area contributed by atoms with Gasteiger partial charge in [-0.2, -0.15) is 0 Å². The van der Waals surface area contributed by atoms with E-state index in [1.807, 2.05) is 24.3 Å². The van der Waals surface area contributed by atoms with Crippen LogP contribution in [0, 0.1) is 5.92 Å². The van der Waals surface area contributed by atoms with Gasteiger partial charge in [-0.05, 0) is 35.6 Å². The van der Waals surface area contributed by atoms with Crippen LogP contribution in [0.15, 0.2) is 48.5 Å². The molecule has 0 aromatic heterocycles. The summed E-state index contributed by atoms with van der Waals surface area (Å²) in [5.41, 5.74) is 4.61. The zero-order valence-corrected chi connectivity index (χ0v) is 18.5. The van der Waals surface area contributed by atoms with Gasteiger partial charge in [-0.1, -0.05) is 48.5 Å². The van der Waals surface area contributed by atoms with E-state index in [4.69, 9.17) is 14.6 Å². The van der Waals surface area contributed by atoms with Crippen LogP contribution in [-0.2, 0) is 19.1 Å².